The molecule has 296 valence electrons. The number of hydrogen-bond donors (Lipinski definition) is 3. The van der Waals surface area contributed by atoms with E-state index in [1.807, 2.05) is 87.7 Å². The lowest BCUT2D eigenvalue weighted by Gasteiger charge is -2.15. The predicted molar refractivity (Wildman–Crippen MR) is 232 cm³/mol. The van der Waals surface area contributed by atoms with Gasteiger partial charge in [0.15, 0.2) is 0 Å². The molecule has 59 heavy (non-hydrogen) atoms. The Balaban J connectivity index is 1.07. The highest BCUT2D eigenvalue weighted by atomic mass is 16.2. The minimum atomic E-state index is -0.283. The van der Waals surface area contributed by atoms with Crippen LogP contribution in [0.2, 0.25) is 0 Å². The Morgan fingerprint density at radius 2 is 1.34 bits per heavy atom. The van der Waals surface area contributed by atoms with E-state index < -0.39 is 0 Å². The van der Waals surface area contributed by atoms with Crippen molar-refractivity contribution in [2.75, 3.05) is 62.1 Å². The summed E-state index contributed by atoms with van der Waals surface area (Å²) in [6.07, 6.45) is 14.1. The topological polar surface area (TPSA) is 164 Å². The molecular formula is C44H43N13O2. The molecule has 0 saturated carbocycles. The first-order valence-corrected chi connectivity index (χ1v) is 19.0. The van der Waals surface area contributed by atoms with Crippen molar-refractivity contribution >= 4 is 56.6 Å². The van der Waals surface area contributed by atoms with Crippen LogP contribution in [0.5, 0.6) is 0 Å². The zero-order valence-corrected chi connectivity index (χ0v) is 33.4. The fourth-order valence-corrected chi connectivity index (χ4v) is 6.81. The van der Waals surface area contributed by atoms with Crippen LogP contribution in [0.3, 0.4) is 0 Å². The highest BCUT2D eigenvalue weighted by Crippen LogP contribution is 2.32. The Kier molecular flexibility index (Phi) is 10.7. The number of carbonyl (C=O) groups excluding carboxylic acids is 2. The summed E-state index contributed by atoms with van der Waals surface area (Å²) in [7, 11) is 9.72. The predicted octanol–water partition coefficient (Wildman–Crippen LogP) is 6.43. The van der Waals surface area contributed by atoms with Gasteiger partial charge in [-0.2, -0.15) is 0 Å². The number of likely N-dealkylation sites (N-methyl/N-ethyl adjacent to an activating group) is 1. The average Bonchev–Trinajstić information content (AvgIpc) is 3.89. The number of pyridine rings is 4. The molecule has 8 rings (SSSR count). The number of hydrogen-bond acceptors (Lipinski definition) is 11. The summed E-state index contributed by atoms with van der Waals surface area (Å²) in [6, 6.07) is 21.0. The van der Waals surface area contributed by atoms with Crippen LogP contribution in [0.25, 0.3) is 44.1 Å². The molecule has 2 amide bonds. The van der Waals surface area contributed by atoms with E-state index in [4.69, 9.17) is 0 Å². The zero-order chi connectivity index (χ0) is 41.0. The van der Waals surface area contributed by atoms with Crippen molar-refractivity contribution in [3.63, 3.8) is 0 Å². The fourth-order valence-electron chi connectivity index (χ4n) is 6.81. The Labute approximate surface area is 340 Å². The summed E-state index contributed by atoms with van der Waals surface area (Å²) in [6.45, 7) is 2.02. The number of rotatable bonds is 13. The summed E-state index contributed by atoms with van der Waals surface area (Å²) < 4.78 is 4.08. The lowest BCUT2D eigenvalue weighted by atomic mass is 10.00. The third kappa shape index (κ3) is 8.60. The Bertz CT molecular complexity index is 2830. The molecule has 8 aromatic rings. The number of nitrogens with zero attached hydrogens (tertiary/aromatic N) is 10. The van der Waals surface area contributed by atoms with Crippen molar-refractivity contribution in [3.05, 3.63) is 133 Å². The van der Waals surface area contributed by atoms with Gasteiger partial charge in [0.05, 0.1) is 36.4 Å². The smallest absolute Gasteiger partial charge is 0.257 e. The number of benzene rings is 2. The lowest BCUT2D eigenvalue weighted by Crippen LogP contribution is -2.21. The van der Waals surface area contributed by atoms with Crippen molar-refractivity contribution in [1.82, 2.24) is 43.9 Å². The second-order valence-electron chi connectivity index (χ2n) is 14.7. The van der Waals surface area contributed by atoms with Crippen molar-refractivity contribution in [3.8, 4) is 22.5 Å². The van der Waals surface area contributed by atoms with Crippen LogP contribution in [0, 0.1) is 0 Å². The van der Waals surface area contributed by atoms with E-state index in [0.29, 0.717) is 47.5 Å². The normalized spacial score (nSPS) is 11.3. The first-order chi connectivity index (χ1) is 28.6. The molecule has 0 bridgehead atoms. The fraction of sp³-hybridized carbons (Fsp3) is 0.182. The van der Waals surface area contributed by atoms with Gasteiger partial charge in [-0.05, 0) is 85.0 Å². The zero-order valence-electron chi connectivity index (χ0n) is 33.4. The Morgan fingerprint density at radius 1 is 0.644 bits per heavy atom. The minimum Gasteiger partial charge on any atom is -0.369 e. The quantitative estimate of drug-likeness (QED) is 0.118. The molecule has 0 aliphatic carbocycles. The number of amides is 2. The highest BCUT2D eigenvalue weighted by molar-refractivity contribution is 6.06. The monoisotopic (exact) mass is 785 g/mol. The standard InChI is InChI=1S/C44H43N13O2/c1-54(2)13-12-48-39-17-29(8-10-47-39)43(58)53-41-19-33-15-34(37-23-45-26-56(37)5)16-35(36(33)22-51-41)25-57-27-46-24-38(57)28-6-7-31-21-50-40(18-32(31)14-28)52-44(59)30-9-11-49-42(20-30)55(3)4/h6-11,14-24,26-27H,12-13,25H2,1-5H3,(H,47,48)(H,50,52,59)(H,51,53,58). The molecule has 0 unspecified atom stereocenters. The Hall–Kier alpha value is -7.52. The van der Waals surface area contributed by atoms with Gasteiger partial charge < -0.3 is 34.9 Å². The van der Waals surface area contributed by atoms with Crippen LogP contribution < -0.4 is 20.9 Å². The molecule has 0 aliphatic rings. The maximum absolute atomic E-state index is 13.4. The molecule has 0 spiro atoms. The maximum atomic E-state index is 13.4. The van der Waals surface area contributed by atoms with Crippen molar-refractivity contribution in [2.24, 2.45) is 7.05 Å². The molecule has 2 aromatic carbocycles. The Morgan fingerprint density at radius 3 is 2.08 bits per heavy atom. The largest absolute Gasteiger partial charge is 0.369 e. The molecule has 15 heteroatoms. The van der Waals surface area contributed by atoms with Crippen LogP contribution in [0.15, 0.2) is 117 Å². The van der Waals surface area contributed by atoms with Crippen molar-refractivity contribution in [1.29, 1.82) is 0 Å². The second-order valence-corrected chi connectivity index (χ2v) is 14.7. The number of carbonyl (C=O) groups is 2. The number of anilines is 4. The van der Waals surface area contributed by atoms with E-state index in [-0.39, 0.29) is 11.8 Å². The molecule has 6 aromatic heterocycles. The number of imidazole rings is 2. The molecule has 0 atom stereocenters. The van der Waals surface area contributed by atoms with Gasteiger partial charge in [0.1, 0.15) is 23.3 Å². The van der Waals surface area contributed by atoms with Crippen molar-refractivity contribution in [2.45, 2.75) is 6.54 Å². The first-order valence-electron chi connectivity index (χ1n) is 19.0. The van der Waals surface area contributed by atoms with E-state index in [1.54, 1.807) is 55.4 Å². The van der Waals surface area contributed by atoms with E-state index in [1.165, 1.54) is 0 Å². The SMILES string of the molecule is CN(C)CCNc1cc(C(=O)Nc2cc3cc(-c4cncn4C)cc(Cn4cncc4-c4ccc5cnc(NC(=O)c6ccnc(N(C)C)c6)cc5c4)c3cn2)ccn1. The summed E-state index contributed by atoms with van der Waals surface area (Å²) in [5.41, 5.74) is 5.74. The molecule has 15 nitrogen and oxygen atoms in total. The van der Waals surface area contributed by atoms with Crippen LogP contribution in [0.1, 0.15) is 26.3 Å². The molecule has 6 heterocycles. The molecular weight excluding hydrogens is 743 g/mol. The lowest BCUT2D eigenvalue weighted by molar-refractivity contribution is 0.101. The van der Waals surface area contributed by atoms with Gasteiger partial charge in [0.2, 0.25) is 0 Å². The van der Waals surface area contributed by atoms with E-state index in [9.17, 15) is 9.59 Å². The number of aryl methyl sites for hydroxylation is 1. The van der Waals surface area contributed by atoms with Gasteiger partial charge in [-0.15, -0.1) is 0 Å². The molecule has 0 radical (unpaired) electrons. The summed E-state index contributed by atoms with van der Waals surface area (Å²) >= 11 is 0. The van der Waals surface area contributed by atoms with Gasteiger partial charge in [0, 0.05) is 98.6 Å². The van der Waals surface area contributed by atoms with E-state index in [0.717, 1.165) is 56.2 Å². The second kappa shape index (κ2) is 16.5. The van der Waals surface area contributed by atoms with Gasteiger partial charge >= 0.3 is 0 Å². The summed E-state index contributed by atoms with van der Waals surface area (Å²) in [4.78, 5) is 57.2. The van der Waals surface area contributed by atoms with Crippen LogP contribution >= 0.6 is 0 Å². The summed E-state index contributed by atoms with van der Waals surface area (Å²) in [5.74, 6) is 1.63. The first kappa shape index (κ1) is 38.4. The third-order valence-electron chi connectivity index (χ3n) is 9.94. The third-order valence-corrected chi connectivity index (χ3v) is 9.94. The van der Waals surface area contributed by atoms with Gasteiger partial charge in [-0.3, -0.25) is 9.59 Å². The molecule has 0 aliphatic heterocycles. The number of fused-ring (bicyclic) bond motifs is 2. The van der Waals surface area contributed by atoms with E-state index in [2.05, 4.69) is 73.5 Å². The molecule has 3 N–H and O–H groups in total. The highest BCUT2D eigenvalue weighted by Gasteiger charge is 2.16. The van der Waals surface area contributed by atoms with Gasteiger partial charge in [-0.25, -0.2) is 29.9 Å². The maximum Gasteiger partial charge on any atom is 0.257 e. The van der Waals surface area contributed by atoms with Crippen LogP contribution in [-0.4, -0.2) is 97.0 Å². The van der Waals surface area contributed by atoms with Crippen molar-refractivity contribution < 1.29 is 9.59 Å². The van der Waals surface area contributed by atoms with Crippen LogP contribution in [0.4, 0.5) is 23.3 Å². The molecule has 0 saturated heterocycles. The van der Waals surface area contributed by atoms with E-state index >= 15 is 0 Å². The summed E-state index contributed by atoms with van der Waals surface area (Å²) in [5, 5.41) is 12.9. The average molecular weight is 786 g/mol. The molecule has 0 fully saturated rings. The number of nitrogens with one attached hydrogen (secondary N) is 3. The van der Waals surface area contributed by atoms with Crippen LogP contribution in [-0.2, 0) is 13.6 Å². The minimum absolute atomic E-state index is 0.271. The van der Waals surface area contributed by atoms with Gasteiger partial charge in [-0.1, -0.05) is 12.1 Å². The number of aromatic nitrogens is 8. The van der Waals surface area contributed by atoms with Gasteiger partial charge in [0.25, 0.3) is 11.8 Å².